The minimum Gasteiger partial charge on any atom is -0.412 e. The maximum absolute atomic E-state index is 8.25. The Morgan fingerprint density at radius 2 is 0.917 bits per heavy atom. The molecule has 0 aromatic rings. The molecule has 0 aromatic heterocycles. The predicted molar refractivity (Wildman–Crippen MR) is 37.4 cm³/mol. The van der Waals surface area contributed by atoms with Crippen molar-refractivity contribution < 1.29 is 21.5 Å². The minimum absolute atomic E-state index is 0. The Morgan fingerprint density at radius 3 is 0.917 bits per heavy atom. The molecule has 0 aliphatic carbocycles. The first-order chi connectivity index (χ1) is 4.46. The van der Waals surface area contributed by atoms with Gasteiger partial charge in [-0.3, -0.25) is 5.84 Å². The van der Waals surface area contributed by atoms with Crippen LogP contribution in [-0.4, -0.2) is 15.6 Å². The third-order valence-electron chi connectivity index (χ3n) is 0. The molecule has 0 aromatic carbocycles. The molecule has 0 saturated heterocycles. The van der Waals surface area contributed by atoms with Crippen molar-refractivity contribution in [1.82, 2.24) is 6.15 Å². The molecule has 12 heavy (non-hydrogen) atoms. The van der Waals surface area contributed by atoms with Crippen molar-refractivity contribution in [2.45, 2.75) is 0 Å². The Morgan fingerprint density at radius 1 is 0.917 bits per heavy atom. The molecule has 0 radical (unpaired) electrons. The standard InChI is InChI=1S/H4N2.2NO3.H3N.H2O/c1-2;2*2-1(3)4;;/h1-2H2;;;1H3;1H2/q;2*-1;;/p+2. The number of rotatable bonds is 0. The van der Waals surface area contributed by atoms with E-state index in [1.54, 1.807) is 0 Å². The van der Waals surface area contributed by atoms with E-state index in [9.17, 15) is 0 Å². The number of nitrogens with zero attached hydrogens (tertiary/aromatic N) is 2. The molecular weight excluding hydrogens is 182 g/mol. The zero-order valence-electron chi connectivity index (χ0n) is 6.13. The lowest BCUT2D eigenvalue weighted by Crippen LogP contribution is -2.59. The lowest BCUT2D eigenvalue weighted by Gasteiger charge is -1.74. The van der Waals surface area contributed by atoms with Gasteiger partial charge in [-0.15, -0.1) is 0 Å². The van der Waals surface area contributed by atoms with Gasteiger partial charge in [-0.2, -0.15) is 5.84 Å². The summed E-state index contributed by atoms with van der Waals surface area (Å²) >= 11 is 0. The summed E-state index contributed by atoms with van der Waals surface area (Å²) in [6, 6.07) is 0. The monoisotopic (exact) mass is 193 g/mol. The van der Waals surface area contributed by atoms with E-state index >= 15 is 0 Å². The number of hydrogen-bond acceptors (Lipinski definition) is 7. The van der Waals surface area contributed by atoms with E-state index < -0.39 is 10.2 Å². The average Bonchev–Trinajstić information content (AvgIpc) is 1.66. The van der Waals surface area contributed by atoms with Crippen molar-refractivity contribution in [2.24, 2.45) is 5.84 Å². The lowest BCUT2D eigenvalue weighted by molar-refractivity contribution is -0.403. The van der Waals surface area contributed by atoms with Gasteiger partial charge in [0.2, 0.25) is 0 Å². The summed E-state index contributed by atoms with van der Waals surface area (Å²) in [7, 11) is 0. The third kappa shape index (κ3) is 139. The fourth-order valence-electron chi connectivity index (χ4n) is 0. The Kier molecular flexibility index (Phi) is 92.6. The van der Waals surface area contributed by atoms with Crippen LogP contribution in [0.2, 0.25) is 0 Å². The molecule has 0 rings (SSSR count). The van der Waals surface area contributed by atoms with Crippen molar-refractivity contribution in [1.29, 1.82) is 0 Å². The first-order valence-corrected chi connectivity index (χ1v) is 1.50. The van der Waals surface area contributed by atoms with E-state index in [1.165, 1.54) is 0 Å². The molecule has 0 aliphatic heterocycles. The molecule has 0 unspecified atom stereocenters. The second-order valence-electron chi connectivity index (χ2n) is 0.447. The zero-order chi connectivity index (χ0) is 9.15. The van der Waals surface area contributed by atoms with Crippen LogP contribution < -0.4 is 17.8 Å². The maximum atomic E-state index is 8.25. The van der Waals surface area contributed by atoms with Gasteiger partial charge >= 0.3 is 0 Å². The van der Waals surface area contributed by atoms with Crippen LogP contribution in [0.3, 0.4) is 0 Å². The summed E-state index contributed by atoms with van der Waals surface area (Å²) in [4.78, 5) is 16.5. The van der Waals surface area contributed by atoms with E-state index in [4.69, 9.17) is 30.6 Å². The highest BCUT2D eigenvalue weighted by Crippen LogP contribution is 1.44. The molecule has 12 nitrogen and oxygen atoms in total. The molecule has 0 saturated carbocycles. The normalized spacial score (nSPS) is 4.50. The summed E-state index contributed by atoms with van der Waals surface area (Å²) < 4.78 is 0. The summed E-state index contributed by atoms with van der Waals surface area (Å²) in [6.07, 6.45) is 0. The molecule has 0 bridgehead atoms. The molecule has 0 heterocycles. The smallest absolute Gasteiger partial charge is 0.0689 e. The highest BCUT2D eigenvalue weighted by atomic mass is 16.9. The molecule has 0 aliphatic rings. The van der Waals surface area contributed by atoms with E-state index in [1.807, 2.05) is 0 Å². The van der Waals surface area contributed by atoms with Gasteiger partial charge in [0.15, 0.2) is 0 Å². The molecule has 12 heteroatoms. The summed E-state index contributed by atoms with van der Waals surface area (Å²) in [5.41, 5.74) is 0. The van der Waals surface area contributed by atoms with E-state index in [0.717, 1.165) is 0 Å². The third-order valence-corrected chi connectivity index (χ3v) is 0. The second-order valence-corrected chi connectivity index (χ2v) is 0.447. The number of hydrogen-bond donors (Lipinski definition) is 3. The van der Waals surface area contributed by atoms with E-state index in [2.05, 4.69) is 11.7 Å². The molecular formula is H11N5O7. The van der Waals surface area contributed by atoms with Crippen molar-refractivity contribution in [2.75, 3.05) is 0 Å². The molecule has 78 valence electrons. The van der Waals surface area contributed by atoms with Crippen molar-refractivity contribution in [3.05, 3.63) is 30.6 Å². The van der Waals surface area contributed by atoms with Gasteiger partial charge in [0.05, 0.1) is 10.2 Å². The van der Waals surface area contributed by atoms with Crippen LogP contribution in [0.25, 0.3) is 0 Å². The second kappa shape index (κ2) is 34.9. The van der Waals surface area contributed by atoms with Crippen molar-refractivity contribution in [3.63, 3.8) is 0 Å². The van der Waals surface area contributed by atoms with Crippen LogP contribution in [-0.2, 0) is 0 Å². The zero-order valence-corrected chi connectivity index (χ0v) is 6.13. The van der Waals surface area contributed by atoms with Gasteiger partial charge in [-0.1, -0.05) is 0 Å². The Bertz CT molecular complexity index is 69.8. The Balaban J connectivity index is -0.0000000198. The fraction of sp³-hybridized carbons (Fsp3) is 0. The number of nitrogens with two attached hydrogens (primary N) is 1. The first kappa shape index (κ1) is 31.8. The van der Waals surface area contributed by atoms with E-state index in [0.29, 0.717) is 0 Å². The van der Waals surface area contributed by atoms with Gasteiger partial charge in [-0.25, -0.2) is 0 Å². The van der Waals surface area contributed by atoms with Crippen LogP contribution in [0.15, 0.2) is 0 Å². The summed E-state index contributed by atoms with van der Waals surface area (Å²) in [5.74, 6) is 7.00. The van der Waals surface area contributed by atoms with Gasteiger partial charge in [0, 0.05) is 0 Å². The fourth-order valence-corrected chi connectivity index (χ4v) is 0. The SMILES string of the molecule is N[NH3+].O.O=[N+]([O-])[O-].O=[N+]([O-])[O-].[NH4+]. The topological polar surface area (TPSA) is 254 Å². The van der Waals surface area contributed by atoms with Crippen LogP contribution in [0.5, 0.6) is 0 Å². The first-order valence-electron chi connectivity index (χ1n) is 1.50. The van der Waals surface area contributed by atoms with Crippen molar-refractivity contribution in [3.8, 4) is 0 Å². The molecule has 11 N–H and O–H groups in total. The largest absolute Gasteiger partial charge is 0.412 e. The summed E-state index contributed by atoms with van der Waals surface area (Å²) in [5, 5.41) is 29.5. The Labute approximate surface area is 65.5 Å². The van der Waals surface area contributed by atoms with Crippen LogP contribution in [0, 0.1) is 30.6 Å². The lowest BCUT2D eigenvalue weighted by atomic mass is 13.0. The highest BCUT2D eigenvalue weighted by molar-refractivity contribution is 4.04. The highest BCUT2D eigenvalue weighted by Gasteiger charge is 1.46. The molecule has 0 atom stereocenters. The Hall–Kier alpha value is -1.76. The quantitative estimate of drug-likeness (QED) is 0.206. The van der Waals surface area contributed by atoms with Crippen molar-refractivity contribution >= 4 is 0 Å². The van der Waals surface area contributed by atoms with Crippen LogP contribution in [0.4, 0.5) is 0 Å². The summed E-state index contributed by atoms with van der Waals surface area (Å²) in [6.45, 7) is 0. The van der Waals surface area contributed by atoms with Gasteiger partial charge < -0.3 is 42.3 Å². The van der Waals surface area contributed by atoms with Gasteiger partial charge in [-0.05, 0) is 0 Å². The maximum Gasteiger partial charge on any atom is 0.0689 e. The number of quaternary nitrogens is 2. The van der Waals surface area contributed by atoms with Crippen LogP contribution >= 0.6 is 0 Å². The molecule has 0 amide bonds. The average molecular weight is 193 g/mol. The van der Waals surface area contributed by atoms with Crippen LogP contribution in [0.1, 0.15) is 0 Å². The minimum atomic E-state index is -1.75. The van der Waals surface area contributed by atoms with Gasteiger partial charge in [0.1, 0.15) is 0 Å². The molecule has 0 fully saturated rings. The molecule has 0 spiro atoms. The predicted octanol–water partition coefficient (Wildman–Crippen LogP) is -2.82. The van der Waals surface area contributed by atoms with E-state index in [-0.39, 0.29) is 11.6 Å². The van der Waals surface area contributed by atoms with Gasteiger partial charge in [0.25, 0.3) is 0 Å².